The minimum atomic E-state index is -5.69. The highest BCUT2D eigenvalue weighted by Crippen LogP contribution is 2.66. The standard InChI is InChI=1S/C17H21N6O13P3/c18-34-11-6-13(33-12(11)7-32-38(28,29)36-39(30,31)35-37(25,26)27)23-9-21-14-15(19-8-20-16(14)23)22-17(24)10-4-2-1-3-5-10/h1-5,8-9,11-13H,6-7,18H2,(H,28,29)(H,30,31)(H2,25,26,27)(H,19,20,22,24)/t11-,12-,13-/m1/s1. The predicted molar refractivity (Wildman–Crippen MR) is 127 cm³/mol. The molecule has 1 saturated heterocycles. The summed E-state index contributed by atoms with van der Waals surface area (Å²) in [7, 11) is -16.6. The molecule has 1 fully saturated rings. The average Bonchev–Trinajstić information content (AvgIpc) is 3.45. The third kappa shape index (κ3) is 7.59. The number of nitrogens with one attached hydrogen (secondary N) is 1. The van der Waals surface area contributed by atoms with Crippen molar-refractivity contribution in [2.24, 2.45) is 5.90 Å². The number of aromatic nitrogens is 4. The third-order valence-corrected chi connectivity index (χ3v) is 8.91. The average molecular weight is 610 g/mol. The number of phosphoric acid groups is 3. The molecule has 22 heteroatoms. The van der Waals surface area contributed by atoms with E-state index in [1.165, 1.54) is 17.2 Å². The summed E-state index contributed by atoms with van der Waals surface area (Å²) in [5.41, 5.74) is 0.875. The Balaban J connectivity index is 1.45. The molecule has 1 aromatic carbocycles. The first-order chi connectivity index (χ1) is 18.3. The topological polar surface area (TPSA) is 277 Å². The van der Waals surface area contributed by atoms with Gasteiger partial charge in [0.25, 0.3) is 5.91 Å². The summed E-state index contributed by atoms with van der Waals surface area (Å²) in [6, 6.07) is 8.40. The Bertz CT molecular complexity index is 1480. The molecule has 0 radical (unpaired) electrons. The number of anilines is 1. The van der Waals surface area contributed by atoms with E-state index in [1.54, 1.807) is 30.3 Å². The molecule has 0 saturated carbocycles. The first kappa shape index (κ1) is 29.5. The normalized spacial score (nSPS) is 22.8. The van der Waals surface area contributed by atoms with Crippen LogP contribution in [0.15, 0.2) is 43.0 Å². The van der Waals surface area contributed by atoms with Crippen LogP contribution >= 0.6 is 23.5 Å². The summed E-state index contributed by atoms with van der Waals surface area (Å²) in [5, 5.41) is 2.66. The van der Waals surface area contributed by atoms with Gasteiger partial charge in [-0.3, -0.25) is 18.7 Å². The highest BCUT2D eigenvalue weighted by atomic mass is 31.3. The van der Waals surface area contributed by atoms with Crippen LogP contribution in [0.2, 0.25) is 0 Å². The van der Waals surface area contributed by atoms with Gasteiger partial charge in [-0.1, -0.05) is 18.2 Å². The van der Waals surface area contributed by atoms with Gasteiger partial charge in [0.1, 0.15) is 24.8 Å². The molecule has 1 aliphatic rings. The molecular weight excluding hydrogens is 589 g/mol. The largest absolute Gasteiger partial charge is 0.490 e. The molecule has 0 bridgehead atoms. The number of imidazole rings is 1. The molecule has 19 nitrogen and oxygen atoms in total. The number of ether oxygens (including phenoxy) is 1. The maximum absolute atomic E-state index is 12.5. The van der Waals surface area contributed by atoms with Crippen LogP contribution in [0.1, 0.15) is 23.0 Å². The summed E-state index contributed by atoms with van der Waals surface area (Å²) < 4.78 is 53.5. The van der Waals surface area contributed by atoms with Gasteiger partial charge < -0.3 is 29.6 Å². The van der Waals surface area contributed by atoms with E-state index in [9.17, 15) is 28.3 Å². The molecule has 3 aromatic rings. The van der Waals surface area contributed by atoms with Gasteiger partial charge in [-0.15, -0.1) is 0 Å². The predicted octanol–water partition coefficient (Wildman–Crippen LogP) is 0.968. The first-order valence-corrected chi connectivity index (χ1v) is 15.1. The van der Waals surface area contributed by atoms with Crippen molar-refractivity contribution >= 4 is 46.4 Å². The Labute approximate surface area is 218 Å². The van der Waals surface area contributed by atoms with Crippen molar-refractivity contribution in [2.75, 3.05) is 11.9 Å². The van der Waals surface area contributed by atoms with Crippen LogP contribution < -0.4 is 11.2 Å². The Hall–Kier alpha value is -2.47. The lowest BCUT2D eigenvalue weighted by molar-refractivity contribution is -0.0600. The second kappa shape index (κ2) is 11.6. The van der Waals surface area contributed by atoms with E-state index in [1.807, 2.05) is 0 Å². The van der Waals surface area contributed by atoms with E-state index in [0.717, 1.165) is 0 Å². The Morgan fingerprint density at radius 1 is 1.08 bits per heavy atom. The van der Waals surface area contributed by atoms with Crippen LogP contribution in [0.3, 0.4) is 0 Å². The number of benzene rings is 1. The Kier molecular flexibility index (Phi) is 8.75. The van der Waals surface area contributed by atoms with E-state index in [2.05, 4.69) is 33.4 Å². The Morgan fingerprint density at radius 3 is 2.46 bits per heavy atom. The minimum Gasteiger partial charge on any atom is -0.349 e. The van der Waals surface area contributed by atoms with E-state index < -0.39 is 54.4 Å². The number of amides is 1. The molecule has 2 aromatic heterocycles. The molecule has 1 amide bonds. The van der Waals surface area contributed by atoms with Crippen molar-refractivity contribution < 1.29 is 60.8 Å². The maximum Gasteiger partial charge on any atom is 0.490 e. The molecule has 2 unspecified atom stereocenters. The van der Waals surface area contributed by atoms with E-state index in [-0.39, 0.29) is 23.4 Å². The fourth-order valence-electron chi connectivity index (χ4n) is 3.56. The van der Waals surface area contributed by atoms with Gasteiger partial charge in [0.2, 0.25) is 0 Å². The third-order valence-electron chi connectivity index (χ3n) is 5.11. The van der Waals surface area contributed by atoms with Crippen LogP contribution in [-0.4, -0.2) is 63.8 Å². The lowest BCUT2D eigenvalue weighted by Crippen LogP contribution is -2.31. The van der Waals surface area contributed by atoms with Crippen LogP contribution in [0.25, 0.3) is 11.2 Å². The zero-order valence-electron chi connectivity index (χ0n) is 19.4. The van der Waals surface area contributed by atoms with Gasteiger partial charge in [0.05, 0.1) is 12.9 Å². The quantitative estimate of drug-likeness (QED) is 0.130. The number of fused-ring (bicyclic) bond motifs is 1. The van der Waals surface area contributed by atoms with E-state index in [4.69, 9.17) is 25.3 Å². The number of carbonyl (C=O) groups excluding carboxylic acids is 1. The molecule has 7 N–H and O–H groups in total. The molecule has 0 aliphatic carbocycles. The van der Waals surface area contributed by atoms with Gasteiger partial charge in [0.15, 0.2) is 17.0 Å². The van der Waals surface area contributed by atoms with Crippen molar-refractivity contribution in [3.8, 4) is 0 Å². The van der Waals surface area contributed by atoms with Crippen LogP contribution in [-0.2, 0) is 36.4 Å². The molecule has 5 atom stereocenters. The molecule has 3 heterocycles. The lowest BCUT2D eigenvalue weighted by atomic mass is 10.2. The molecule has 212 valence electrons. The Morgan fingerprint density at radius 2 is 1.79 bits per heavy atom. The van der Waals surface area contributed by atoms with Crippen molar-refractivity contribution in [2.45, 2.75) is 24.9 Å². The van der Waals surface area contributed by atoms with Crippen LogP contribution in [0.4, 0.5) is 5.82 Å². The number of nitrogens with two attached hydrogens (primary N) is 1. The SMILES string of the molecule is NO[C@@H]1C[C@H](n2cnc3c(NC(=O)c4ccccc4)ncnc32)O[C@@H]1COP(=O)(O)OP(=O)(O)OP(=O)(O)O. The molecule has 4 rings (SSSR count). The fraction of sp³-hybridized carbons (Fsp3) is 0.294. The summed E-state index contributed by atoms with van der Waals surface area (Å²) in [4.78, 5) is 66.0. The van der Waals surface area contributed by atoms with Gasteiger partial charge in [-0.25, -0.2) is 34.5 Å². The monoisotopic (exact) mass is 610 g/mol. The molecule has 1 aliphatic heterocycles. The van der Waals surface area contributed by atoms with Crippen molar-refractivity contribution in [3.05, 3.63) is 48.5 Å². The molecule has 39 heavy (non-hydrogen) atoms. The van der Waals surface area contributed by atoms with E-state index >= 15 is 0 Å². The van der Waals surface area contributed by atoms with Crippen LogP contribution in [0.5, 0.6) is 0 Å². The summed E-state index contributed by atoms with van der Waals surface area (Å²) >= 11 is 0. The number of rotatable bonds is 11. The smallest absolute Gasteiger partial charge is 0.349 e. The number of phosphoric ester groups is 1. The van der Waals surface area contributed by atoms with Gasteiger partial charge in [-0.2, -0.15) is 8.62 Å². The number of nitrogens with zero attached hydrogens (tertiary/aromatic N) is 4. The highest BCUT2D eigenvalue weighted by Gasteiger charge is 2.43. The number of hydrogen-bond donors (Lipinski definition) is 6. The van der Waals surface area contributed by atoms with E-state index in [0.29, 0.717) is 5.56 Å². The number of hydrogen-bond acceptors (Lipinski definition) is 13. The lowest BCUT2D eigenvalue weighted by Gasteiger charge is -2.20. The second-order valence-corrected chi connectivity index (χ2v) is 12.2. The highest BCUT2D eigenvalue weighted by molar-refractivity contribution is 7.66. The van der Waals surface area contributed by atoms with Gasteiger partial charge in [0, 0.05) is 12.0 Å². The summed E-state index contributed by atoms with van der Waals surface area (Å²) in [5.74, 6) is 5.01. The van der Waals surface area contributed by atoms with Crippen LogP contribution in [0, 0.1) is 0 Å². The van der Waals surface area contributed by atoms with Crippen molar-refractivity contribution in [3.63, 3.8) is 0 Å². The van der Waals surface area contributed by atoms with Crippen molar-refractivity contribution in [1.29, 1.82) is 0 Å². The zero-order valence-corrected chi connectivity index (χ0v) is 22.0. The first-order valence-electron chi connectivity index (χ1n) is 10.6. The summed E-state index contributed by atoms with van der Waals surface area (Å²) in [6.07, 6.45) is -0.326. The van der Waals surface area contributed by atoms with Crippen molar-refractivity contribution in [1.82, 2.24) is 19.5 Å². The van der Waals surface area contributed by atoms with Gasteiger partial charge in [-0.05, 0) is 12.1 Å². The summed E-state index contributed by atoms with van der Waals surface area (Å²) in [6.45, 7) is -0.776. The van der Waals surface area contributed by atoms with Gasteiger partial charge >= 0.3 is 23.5 Å². The fourth-order valence-corrected chi connectivity index (χ4v) is 6.59. The minimum absolute atomic E-state index is 0.0576. The maximum atomic E-state index is 12.5. The molecule has 0 spiro atoms. The molecular formula is C17H21N6O13P3. The zero-order chi connectivity index (χ0) is 28.4. The number of carbonyl (C=O) groups is 1. The second-order valence-electron chi connectivity index (χ2n) is 7.79.